The van der Waals surface area contributed by atoms with Crippen LogP contribution in [0.2, 0.25) is 0 Å². The highest BCUT2D eigenvalue weighted by Gasteiger charge is 2.28. The van der Waals surface area contributed by atoms with Crippen LogP contribution in [-0.4, -0.2) is 41.4 Å². The number of hydrogen-bond donors (Lipinski definition) is 1. The van der Waals surface area contributed by atoms with Crippen molar-refractivity contribution in [1.29, 1.82) is 0 Å². The lowest BCUT2D eigenvalue weighted by atomic mass is 9.82. The zero-order chi connectivity index (χ0) is 12.3. The molecule has 2 fully saturated rings. The normalized spacial score (nSPS) is 33.6. The average molecular weight is 256 g/mol. The first-order valence-electron chi connectivity index (χ1n) is 6.77. The van der Waals surface area contributed by atoms with Crippen molar-refractivity contribution in [2.75, 3.05) is 18.6 Å². The molecule has 0 aromatic carbocycles. The Labute approximate surface area is 108 Å². The molecule has 4 heteroatoms. The predicted octanol–water partition coefficient (Wildman–Crippen LogP) is 1.86. The fourth-order valence-electron chi connectivity index (χ4n) is 2.89. The quantitative estimate of drug-likeness (QED) is 0.838. The van der Waals surface area contributed by atoms with Crippen molar-refractivity contribution in [2.45, 2.75) is 50.6 Å². The highest BCUT2D eigenvalue weighted by molar-refractivity contribution is 7.99. The van der Waals surface area contributed by atoms with Gasteiger partial charge < -0.3 is 10.6 Å². The van der Waals surface area contributed by atoms with E-state index < -0.39 is 0 Å². The summed E-state index contributed by atoms with van der Waals surface area (Å²) in [4.78, 5) is 14.2. The lowest BCUT2D eigenvalue weighted by molar-refractivity contribution is -0.132. The van der Waals surface area contributed by atoms with E-state index in [0.717, 1.165) is 25.0 Å². The first-order chi connectivity index (χ1) is 8.18. The summed E-state index contributed by atoms with van der Waals surface area (Å²) < 4.78 is 0. The molecule has 3 unspecified atom stereocenters. The second-order valence-corrected chi connectivity index (χ2v) is 6.58. The zero-order valence-corrected chi connectivity index (χ0v) is 11.5. The van der Waals surface area contributed by atoms with Gasteiger partial charge in [0, 0.05) is 31.3 Å². The van der Waals surface area contributed by atoms with Gasteiger partial charge in [0.2, 0.25) is 5.91 Å². The molecule has 3 nitrogen and oxygen atoms in total. The van der Waals surface area contributed by atoms with Crippen LogP contribution >= 0.6 is 11.8 Å². The Morgan fingerprint density at radius 3 is 2.76 bits per heavy atom. The molecule has 2 N–H and O–H groups in total. The molecule has 1 heterocycles. The van der Waals surface area contributed by atoms with Crippen LogP contribution in [-0.2, 0) is 4.79 Å². The minimum absolute atomic E-state index is 0.249. The van der Waals surface area contributed by atoms with Gasteiger partial charge in [-0.05, 0) is 30.9 Å². The monoisotopic (exact) mass is 256 g/mol. The van der Waals surface area contributed by atoms with Gasteiger partial charge in [0.05, 0.1) is 0 Å². The molecule has 2 aliphatic rings. The third-order valence-electron chi connectivity index (χ3n) is 4.25. The maximum Gasteiger partial charge on any atom is 0.222 e. The first kappa shape index (κ1) is 13.2. The second-order valence-electron chi connectivity index (χ2n) is 5.43. The maximum absolute atomic E-state index is 12.2. The molecule has 0 aromatic heterocycles. The Bertz CT molecular complexity index is 266. The summed E-state index contributed by atoms with van der Waals surface area (Å²) in [6, 6.07) is 0.714. The van der Waals surface area contributed by atoms with Crippen LogP contribution in [0.15, 0.2) is 0 Å². The van der Waals surface area contributed by atoms with E-state index in [-0.39, 0.29) is 6.04 Å². The molecule has 0 aromatic rings. The van der Waals surface area contributed by atoms with E-state index in [4.69, 9.17) is 5.73 Å². The van der Waals surface area contributed by atoms with Crippen LogP contribution in [0, 0.1) is 5.92 Å². The molecule has 1 amide bonds. The molecule has 98 valence electrons. The van der Waals surface area contributed by atoms with Crippen LogP contribution in [0.3, 0.4) is 0 Å². The first-order valence-corrected chi connectivity index (χ1v) is 7.93. The van der Waals surface area contributed by atoms with E-state index >= 15 is 0 Å². The molecule has 1 aliphatic carbocycles. The summed E-state index contributed by atoms with van der Waals surface area (Å²) in [6.45, 7) is 0. The van der Waals surface area contributed by atoms with E-state index in [9.17, 15) is 4.79 Å². The Balaban J connectivity index is 1.82. The van der Waals surface area contributed by atoms with Gasteiger partial charge in [-0.2, -0.15) is 11.8 Å². The van der Waals surface area contributed by atoms with Crippen molar-refractivity contribution >= 4 is 17.7 Å². The number of rotatable bonds is 3. The van der Waals surface area contributed by atoms with Crippen molar-refractivity contribution in [3.8, 4) is 0 Å². The lowest BCUT2D eigenvalue weighted by Crippen LogP contribution is -2.41. The summed E-state index contributed by atoms with van der Waals surface area (Å²) in [6.07, 6.45) is 6.54. The molecule has 1 saturated carbocycles. The number of hydrogen-bond acceptors (Lipinski definition) is 3. The Morgan fingerprint density at radius 2 is 2.12 bits per heavy atom. The maximum atomic E-state index is 12.2. The third-order valence-corrected chi connectivity index (χ3v) is 5.40. The molecular weight excluding hydrogens is 232 g/mol. The van der Waals surface area contributed by atoms with E-state index in [1.807, 2.05) is 23.7 Å². The van der Waals surface area contributed by atoms with Crippen LogP contribution in [0.5, 0.6) is 0 Å². The van der Waals surface area contributed by atoms with E-state index in [1.165, 1.54) is 18.6 Å². The number of thioether (sulfide) groups is 1. The van der Waals surface area contributed by atoms with Gasteiger partial charge >= 0.3 is 0 Å². The highest BCUT2D eigenvalue weighted by atomic mass is 32.2. The zero-order valence-electron chi connectivity index (χ0n) is 10.7. The summed E-state index contributed by atoms with van der Waals surface area (Å²) >= 11 is 1.96. The molecule has 17 heavy (non-hydrogen) atoms. The Morgan fingerprint density at radius 1 is 1.35 bits per heavy atom. The van der Waals surface area contributed by atoms with Crippen LogP contribution in [0.1, 0.15) is 38.5 Å². The number of amides is 1. The van der Waals surface area contributed by atoms with Crippen molar-refractivity contribution in [3.05, 3.63) is 0 Å². The molecule has 3 atom stereocenters. The fourth-order valence-corrected chi connectivity index (χ4v) is 4.16. The van der Waals surface area contributed by atoms with Crippen LogP contribution < -0.4 is 5.73 Å². The standard InChI is InChI=1S/C13H24N2OS/c1-15(11-6-7-17-9-11)13(16)8-10-4-2-3-5-12(10)14/h10-12H,2-9,14H2,1H3. The molecule has 2 rings (SSSR count). The van der Waals surface area contributed by atoms with Crippen molar-refractivity contribution < 1.29 is 4.79 Å². The second kappa shape index (κ2) is 6.10. The fraction of sp³-hybridized carbons (Fsp3) is 0.923. The summed E-state index contributed by atoms with van der Waals surface area (Å²) in [5.74, 6) is 3.04. The molecule has 0 radical (unpaired) electrons. The molecule has 1 saturated heterocycles. The minimum atomic E-state index is 0.249. The van der Waals surface area contributed by atoms with E-state index in [1.54, 1.807) is 0 Å². The SMILES string of the molecule is CN(C(=O)CC1CCCCC1N)C1CCSC1. The van der Waals surface area contributed by atoms with E-state index in [2.05, 4.69) is 0 Å². The topological polar surface area (TPSA) is 46.3 Å². The number of nitrogens with zero attached hydrogens (tertiary/aromatic N) is 1. The van der Waals surface area contributed by atoms with Crippen molar-refractivity contribution in [1.82, 2.24) is 4.90 Å². The highest BCUT2D eigenvalue weighted by Crippen LogP contribution is 2.27. The van der Waals surface area contributed by atoms with Crippen molar-refractivity contribution in [2.24, 2.45) is 11.7 Å². The number of carbonyl (C=O) groups is 1. The van der Waals surface area contributed by atoms with Gasteiger partial charge in [-0.15, -0.1) is 0 Å². The summed E-state index contributed by atoms with van der Waals surface area (Å²) in [5, 5.41) is 0. The average Bonchev–Trinajstić information content (AvgIpc) is 2.84. The van der Waals surface area contributed by atoms with Gasteiger partial charge in [0.25, 0.3) is 0 Å². The van der Waals surface area contributed by atoms with Gasteiger partial charge in [-0.1, -0.05) is 12.8 Å². The molecule has 0 spiro atoms. The van der Waals surface area contributed by atoms with Crippen LogP contribution in [0.25, 0.3) is 0 Å². The Kier molecular flexibility index (Phi) is 4.74. The minimum Gasteiger partial charge on any atom is -0.342 e. The van der Waals surface area contributed by atoms with Gasteiger partial charge in [0.1, 0.15) is 0 Å². The molecule has 1 aliphatic heterocycles. The van der Waals surface area contributed by atoms with E-state index in [0.29, 0.717) is 24.3 Å². The smallest absolute Gasteiger partial charge is 0.222 e. The molecule has 0 bridgehead atoms. The predicted molar refractivity (Wildman–Crippen MR) is 73.1 cm³/mol. The van der Waals surface area contributed by atoms with Crippen LogP contribution in [0.4, 0.5) is 0 Å². The van der Waals surface area contributed by atoms with Gasteiger partial charge in [0.15, 0.2) is 0 Å². The summed E-state index contributed by atoms with van der Waals surface area (Å²) in [5.41, 5.74) is 6.11. The largest absolute Gasteiger partial charge is 0.342 e. The summed E-state index contributed by atoms with van der Waals surface area (Å²) in [7, 11) is 1.97. The third kappa shape index (κ3) is 3.38. The molecular formula is C13H24N2OS. The van der Waals surface area contributed by atoms with Crippen molar-refractivity contribution in [3.63, 3.8) is 0 Å². The lowest BCUT2D eigenvalue weighted by Gasteiger charge is -2.31. The number of nitrogens with two attached hydrogens (primary N) is 1. The number of carbonyl (C=O) groups excluding carboxylic acids is 1. The van der Waals surface area contributed by atoms with Gasteiger partial charge in [-0.3, -0.25) is 4.79 Å². The Hall–Kier alpha value is -0.220. The van der Waals surface area contributed by atoms with Gasteiger partial charge in [-0.25, -0.2) is 0 Å².